The fraction of sp³-hybridized carbons (Fsp3) is 0. The number of anilines is 2. The molecule has 0 saturated carbocycles. The Morgan fingerprint density at radius 1 is 1.20 bits per heavy atom. The van der Waals surface area contributed by atoms with Crippen molar-refractivity contribution < 1.29 is 9.18 Å². The summed E-state index contributed by atoms with van der Waals surface area (Å²) >= 11 is 5.79. The predicted octanol–water partition coefficient (Wildman–Crippen LogP) is 3.99. The average Bonchev–Trinajstić information content (AvgIpc) is 2.38. The molecule has 0 saturated heterocycles. The lowest BCUT2D eigenvalue weighted by Crippen LogP contribution is -2.20. The van der Waals surface area contributed by atoms with Crippen LogP contribution in [0.2, 0.25) is 5.02 Å². The number of nitriles is 1. The van der Waals surface area contributed by atoms with Crippen LogP contribution in [0.4, 0.5) is 20.6 Å². The normalized spacial score (nSPS) is 9.65. The Morgan fingerprint density at radius 3 is 2.65 bits per heavy atom. The molecule has 0 radical (unpaired) electrons. The molecule has 2 aromatic rings. The van der Waals surface area contributed by atoms with Gasteiger partial charge in [0, 0.05) is 10.7 Å². The lowest BCUT2D eigenvalue weighted by molar-refractivity contribution is 0.262. The summed E-state index contributed by atoms with van der Waals surface area (Å²) in [4.78, 5) is 11.8. The number of rotatable bonds is 2. The molecular formula is C14H9ClFN3O. The molecule has 0 aliphatic rings. The van der Waals surface area contributed by atoms with Crippen LogP contribution >= 0.6 is 11.6 Å². The van der Waals surface area contributed by atoms with Crippen LogP contribution in [-0.4, -0.2) is 6.03 Å². The highest BCUT2D eigenvalue weighted by atomic mass is 35.5. The van der Waals surface area contributed by atoms with Crippen molar-refractivity contribution in [1.29, 1.82) is 5.26 Å². The molecule has 4 nitrogen and oxygen atoms in total. The molecule has 0 atom stereocenters. The first-order valence-electron chi connectivity index (χ1n) is 5.62. The van der Waals surface area contributed by atoms with E-state index in [9.17, 15) is 9.18 Å². The summed E-state index contributed by atoms with van der Waals surface area (Å²) in [6.07, 6.45) is 0. The van der Waals surface area contributed by atoms with Gasteiger partial charge < -0.3 is 10.6 Å². The number of halogens is 2. The van der Waals surface area contributed by atoms with Crippen molar-refractivity contribution in [3.8, 4) is 6.07 Å². The lowest BCUT2D eigenvalue weighted by Gasteiger charge is -2.09. The molecule has 100 valence electrons. The van der Waals surface area contributed by atoms with Crippen LogP contribution in [0.15, 0.2) is 42.5 Å². The maximum absolute atomic E-state index is 13.4. The van der Waals surface area contributed by atoms with Crippen molar-refractivity contribution in [3.05, 3.63) is 58.9 Å². The van der Waals surface area contributed by atoms with Gasteiger partial charge >= 0.3 is 6.03 Å². The largest absolute Gasteiger partial charge is 0.323 e. The van der Waals surface area contributed by atoms with E-state index in [0.717, 1.165) is 6.07 Å². The van der Waals surface area contributed by atoms with Gasteiger partial charge in [-0.1, -0.05) is 23.7 Å². The van der Waals surface area contributed by atoms with E-state index in [4.69, 9.17) is 16.9 Å². The highest BCUT2D eigenvalue weighted by Crippen LogP contribution is 2.19. The summed E-state index contributed by atoms with van der Waals surface area (Å²) in [5.74, 6) is -0.687. The SMILES string of the molecule is N#Cc1c(F)cccc1NC(=O)Nc1cccc(Cl)c1. The zero-order valence-corrected chi connectivity index (χ0v) is 10.9. The Labute approximate surface area is 119 Å². The van der Waals surface area contributed by atoms with Crippen molar-refractivity contribution in [2.24, 2.45) is 0 Å². The van der Waals surface area contributed by atoms with Gasteiger partial charge in [-0.2, -0.15) is 5.26 Å². The molecule has 2 aromatic carbocycles. The Bertz CT molecular complexity index is 697. The van der Waals surface area contributed by atoms with Crippen LogP contribution in [0.1, 0.15) is 5.56 Å². The van der Waals surface area contributed by atoms with Gasteiger partial charge in [0.1, 0.15) is 17.4 Å². The van der Waals surface area contributed by atoms with Crippen molar-refractivity contribution >= 4 is 29.0 Å². The minimum absolute atomic E-state index is 0.104. The zero-order chi connectivity index (χ0) is 14.5. The van der Waals surface area contributed by atoms with E-state index >= 15 is 0 Å². The van der Waals surface area contributed by atoms with Crippen molar-refractivity contribution in [3.63, 3.8) is 0 Å². The molecule has 0 aromatic heterocycles. The van der Waals surface area contributed by atoms with E-state index in [1.165, 1.54) is 12.1 Å². The number of hydrogen-bond acceptors (Lipinski definition) is 2. The third-order valence-corrected chi connectivity index (χ3v) is 2.69. The number of urea groups is 1. The Morgan fingerprint density at radius 2 is 1.95 bits per heavy atom. The average molecular weight is 290 g/mol. The summed E-state index contributed by atoms with van der Waals surface area (Å²) in [5.41, 5.74) is 0.380. The van der Waals surface area contributed by atoms with Crippen LogP contribution in [0.25, 0.3) is 0 Å². The zero-order valence-electron chi connectivity index (χ0n) is 10.2. The molecule has 2 rings (SSSR count). The third kappa shape index (κ3) is 3.25. The van der Waals surface area contributed by atoms with Crippen molar-refractivity contribution in [2.75, 3.05) is 10.6 Å². The Balaban J connectivity index is 2.13. The van der Waals surface area contributed by atoms with Gasteiger partial charge in [0.05, 0.1) is 5.69 Å². The smallest absolute Gasteiger partial charge is 0.308 e. The van der Waals surface area contributed by atoms with E-state index < -0.39 is 11.8 Å². The van der Waals surface area contributed by atoms with Gasteiger partial charge in [-0.25, -0.2) is 9.18 Å². The second kappa shape index (κ2) is 6.04. The van der Waals surface area contributed by atoms with E-state index in [1.807, 2.05) is 0 Å². The van der Waals surface area contributed by atoms with Gasteiger partial charge in [-0.05, 0) is 30.3 Å². The molecule has 2 amide bonds. The number of nitrogens with zero attached hydrogens (tertiary/aromatic N) is 1. The topological polar surface area (TPSA) is 64.9 Å². The summed E-state index contributed by atoms with van der Waals surface area (Å²) < 4.78 is 13.4. The number of hydrogen-bond donors (Lipinski definition) is 2. The quantitative estimate of drug-likeness (QED) is 0.878. The van der Waals surface area contributed by atoms with Crippen LogP contribution in [-0.2, 0) is 0 Å². The number of amides is 2. The Hall–Kier alpha value is -2.58. The van der Waals surface area contributed by atoms with E-state index in [-0.39, 0.29) is 11.3 Å². The monoisotopic (exact) mass is 289 g/mol. The minimum atomic E-state index is -0.687. The van der Waals surface area contributed by atoms with Crippen LogP contribution in [0.5, 0.6) is 0 Å². The van der Waals surface area contributed by atoms with Crippen LogP contribution < -0.4 is 10.6 Å². The third-order valence-electron chi connectivity index (χ3n) is 2.46. The number of carbonyl (C=O) groups excluding carboxylic acids is 1. The molecule has 0 spiro atoms. The summed E-state index contributed by atoms with van der Waals surface area (Å²) in [6.45, 7) is 0. The number of nitrogens with one attached hydrogen (secondary N) is 2. The first kappa shape index (κ1) is 13.8. The van der Waals surface area contributed by atoms with Gasteiger partial charge in [-0.15, -0.1) is 0 Å². The van der Waals surface area contributed by atoms with Gasteiger partial charge in [0.2, 0.25) is 0 Å². The summed E-state index contributed by atoms with van der Waals surface area (Å²) in [6, 6.07) is 11.7. The van der Waals surface area contributed by atoms with Crippen LogP contribution in [0, 0.1) is 17.1 Å². The van der Waals surface area contributed by atoms with Gasteiger partial charge in [0.25, 0.3) is 0 Å². The van der Waals surface area contributed by atoms with Gasteiger partial charge in [-0.3, -0.25) is 0 Å². The standard InChI is InChI=1S/C14H9ClFN3O/c15-9-3-1-4-10(7-9)18-14(20)19-13-6-2-5-12(16)11(13)8-17/h1-7H,(H2,18,19,20). The lowest BCUT2D eigenvalue weighted by atomic mass is 10.2. The first-order chi connectivity index (χ1) is 9.60. The fourth-order valence-corrected chi connectivity index (χ4v) is 1.78. The molecule has 0 heterocycles. The van der Waals surface area contributed by atoms with Gasteiger partial charge in [0.15, 0.2) is 0 Å². The number of carbonyl (C=O) groups is 1. The second-order valence-electron chi connectivity index (χ2n) is 3.86. The van der Waals surface area contributed by atoms with Crippen molar-refractivity contribution in [1.82, 2.24) is 0 Å². The molecule has 0 aliphatic carbocycles. The van der Waals surface area contributed by atoms with Crippen molar-refractivity contribution in [2.45, 2.75) is 0 Å². The van der Waals surface area contributed by atoms with E-state index in [1.54, 1.807) is 30.3 Å². The molecule has 0 fully saturated rings. The molecule has 0 bridgehead atoms. The highest BCUT2D eigenvalue weighted by Gasteiger charge is 2.10. The maximum atomic E-state index is 13.4. The molecule has 0 unspecified atom stereocenters. The highest BCUT2D eigenvalue weighted by molar-refractivity contribution is 6.30. The molecule has 0 aliphatic heterocycles. The second-order valence-corrected chi connectivity index (χ2v) is 4.30. The molecule has 6 heteroatoms. The minimum Gasteiger partial charge on any atom is -0.308 e. The Kier molecular flexibility index (Phi) is 4.18. The van der Waals surface area contributed by atoms with E-state index in [0.29, 0.717) is 10.7 Å². The first-order valence-corrected chi connectivity index (χ1v) is 6.00. The van der Waals surface area contributed by atoms with E-state index in [2.05, 4.69) is 10.6 Å². The van der Waals surface area contributed by atoms with Crippen LogP contribution in [0.3, 0.4) is 0 Å². The molecule has 20 heavy (non-hydrogen) atoms. The number of benzene rings is 2. The summed E-state index contributed by atoms with van der Waals surface area (Å²) in [7, 11) is 0. The molecular weight excluding hydrogens is 281 g/mol. The molecule has 2 N–H and O–H groups in total. The fourth-order valence-electron chi connectivity index (χ4n) is 1.59. The summed E-state index contributed by atoms with van der Waals surface area (Å²) in [5, 5.41) is 14.3. The maximum Gasteiger partial charge on any atom is 0.323 e. The predicted molar refractivity (Wildman–Crippen MR) is 75.2 cm³/mol.